The molecule has 5 aromatic rings. The molecule has 0 fully saturated rings. The van der Waals surface area contributed by atoms with Crippen molar-refractivity contribution in [2.45, 2.75) is 27.7 Å². The van der Waals surface area contributed by atoms with Gasteiger partial charge in [-0.05, 0) is 62.1 Å². The third-order valence-corrected chi connectivity index (χ3v) is 5.74. The number of rotatable bonds is 2. The normalized spacial score (nSPS) is 11.3. The van der Waals surface area contributed by atoms with E-state index in [0.29, 0.717) is 0 Å². The second-order valence-corrected chi connectivity index (χ2v) is 8.21. The number of hydrogen-bond donors (Lipinski definition) is 0. The summed E-state index contributed by atoms with van der Waals surface area (Å²) in [6.07, 6.45) is 0. The summed E-state index contributed by atoms with van der Waals surface area (Å²) in [5, 5.41) is 2.29. The zero-order valence-electron chi connectivity index (χ0n) is 17.8. The number of nitrogens with zero attached hydrogens (tertiary/aromatic N) is 2. The van der Waals surface area contributed by atoms with E-state index >= 15 is 0 Å². The maximum absolute atomic E-state index is 4.94. The van der Waals surface area contributed by atoms with E-state index in [0.717, 1.165) is 33.2 Å². The van der Waals surface area contributed by atoms with E-state index in [1.807, 2.05) is 0 Å². The monoisotopic (exact) mass is 388 g/mol. The molecule has 0 aliphatic carbocycles. The smallest absolute Gasteiger partial charge is 0.0974 e. The zero-order chi connectivity index (χ0) is 20.8. The van der Waals surface area contributed by atoms with Crippen LogP contribution in [0.25, 0.3) is 44.1 Å². The molecule has 2 heterocycles. The van der Waals surface area contributed by atoms with Crippen molar-refractivity contribution in [1.29, 1.82) is 0 Å². The van der Waals surface area contributed by atoms with Gasteiger partial charge in [-0.25, -0.2) is 0 Å². The van der Waals surface area contributed by atoms with Gasteiger partial charge in [-0.3, -0.25) is 9.97 Å². The molecule has 0 amide bonds. The van der Waals surface area contributed by atoms with Gasteiger partial charge >= 0.3 is 0 Å². The molecule has 0 spiro atoms. The largest absolute Gasteiger partial charge is 0.251 e. The Labute approximate surface area is 177 Å². The first-order valence-electron chi connectivity index (χ1n) is 10.4. The molecule has 2 aromatic heterocycles. The second-order valence-electron chi connectivity index (χ2n) is 8.21. The van der Waals surface area contributed by atoms with Crippen molar-refractivity contribution < 1.29 is 0 Å². The molecule has 0 saturated heterocycles. The molecule has 30 heavy (non-hydrogen) atoms. The van der Waals surface area contributed by atoms with Crippen LogP contribution < -0.4 is 0 Å². The molecule has 146 valence electrons. The second kappa shape index (κ2) is 7.07. The van der Waals surface area contributed by atoms with Gasteiger partial charge in [0.15, 0.2) is 0 Å². The molecule has 0 atom stereocenters. The standard InChI is InChI=1S/C28H24N2/c1-17-5-9-21(10-6-17)25-15-19(3)29-27-23(25)13-14-24-26(16-20(4)30-28(24)27)22-11-7-18(2)8-12-22/h5-16H,1-4H3. The van der Waals surface area contributed by atoms with Gasteiger partial charge in [-0.2, -0.15) is 0 Å². The summed E-state index contributed by atoms with van der Waals surface area (Å²) in [7, 11) is 0. The van der Waals surface area contributed by atoms with E-state index in [2.05, 4.69) is 100 Å². The van der Waals surface area contributed by atoms with Crippen molar-refractivity contribution in [3.8, 4) is 22.3 Å². The van der Waals surface area contributed by atoms with E-state index in [9.17, 15) is 0 Å². The maximum Gasteiger partial charge on any atom is 0.0974 e. The first-order valence-corrected chi connectivity index (χ1v) is 10.4. The number of benzene rings is 3. The molecule has 0 aliphatic heterocycles. The van der Waals surface area contributed by atoms with Crippen LogP contribution in [0.5, 0.6) is 0 Å². The van der Waals surface area contributed by atoms with Crippen molar-refractivity contribution in [2.75, 3.05) is 0 Å². The van der Waals surface area contributed by atoms with E-state index in [1.54, 1.807) is 0 Å². The Morgan fingerprint density at radius 1 is 0.467 bits per heavy atom. The Morgan fingerprint density at radius 3 is 1.20 bits per heavy atom. The van der Waals surface area contributed by atoms with Crippen molar-refractivity contribution in [3.05, 3.63) is 95.3 Å². The van der Waals surface area contributed by atoms with Gasteiger partial charge in [0.05, 0.1) is 11.0 Å². The maximum atomic E-state index is 4.94. The first-order chi connectivity index (χ1) is 14.5. The van der Waals surface area contributed by atoms with Gasteiger partial charge in [0.2, 0.25) is 0 Å². The molecular formula is C28H24N2. The Balaban J connectivity index is 1.84. The number of fused-ring (bicyclic) bond motifs is 3. The molecule has 0 unspecified atom stereocenters. The Hall–Kier alpha value is -3.52. The molecule has 0 bridgehead atoms. The predicted octanol–water partition coefficient (Wildman–Crippen LogP) is 7.35. The molecular weight excluding hydrogens is 364 g/mol. The number of aromatic nitrogens is 2. The van der Waals surface area contributed by atoms with E-state index in [4.69, 9.17) is 9.97 Å². The fourth-order valence-electron chi connectivity index (χ4n) is 4.18. The third kappa shape index (κ3) is 3.15. The van der Waals surface area contributed by atoms with Crippen molar-refractivity contribution in [3.63, 3.8) is 0 Å². The minimum atomic E-state index is 0.972. The lowest BCUT2D eigenvalue weighted by Gasteiger charge is -2.13. The SMILES string of the molecule is Cc1ccc(-c2cc(C)nc3c2ccc2c(-c4ccc(C)cc4)cc(C)nc23)cc1. The lowest BCUT2D eigenvalue weighted by atomic mass is 9.95. The summed E-state index contributed by atoms with van der Waals surface area (Å²) in [6.45, 7) is 8.36. The van der Waals surface area contributed by atoms with Crippen LogP contribution in [0, 0.1) is 27.7 Å². The Bertz CT molecular complexity index is 1290. The number of hydrogen-bond acceptors (Lipinski definition) is 2. The fraction of sp³-hybridized carbons (Fsp3) is 0.143. The molecule has 0 radical (unpaired) electrons. The van der Waals surface area contributed by atoms with Gasteiger partial charge in [0.1, 0.15) is 0 Å². The average molecular weight is 389 g/mol. The van der Waals surface area contributed by atoms with Crippen molar-refractivity contribution in [2.24, 2.45) is 0 Å². The summed E-state index contributed by atoms with van der Waals surface area (Å²) in [4.78, 5) is 9.87. The van der Waals surface area contributed by atoms with Crippen LogP contribution >= 0.6 is 0 Å². The highest BCUT2D eigenvalue weighted by Crippen LogP contribution is 2.36. The molecule has 2 heteroatoms. The minimum absolute atomic E-state index is 0.972. The average Bonchev–Trinajstić information content (AvgIpc) is 2.74. The van der Waals surface area contributed by atoms with Crippen LogP contribution in [0.1, 0.15) is 22.5 Å². The van der Waals surface area contributed by atoms with Gasteiger partial charge in [0.25, 0.3) is 0 Å². The van der Waals surface area contributed by atoms with Crippen molar-refractivity contribution >= 4 is 21.8 Å². The van der Waals surface area contributed by atoms with Crippen molar-refractivity contribution in [1.82, 2.24) is 9.97 Å². The third-order valence-electron chi connectivity index (χ3n) is 5.74. The fourth-order valence-corrected chi connectivity index (χ4v) is 4.18. The van der Waals surface area contributed by atoms with Gasteiger partial charge < -0.3 is 0 Å². The van der Waals surface area contributed by atoms with Crippen LogP contribution in [-0.4, -0.2) is 9.97 Å². The topological polar surface area (TPSA) is 25.8 Å². The lowest BCUT2D eigenvalue weighted by molar-refractivity contribution is 1.23. The molecule has 0 N–H and O–H groups in total. The predicted molar refractivity (Wildman–Crippen MR) is 127 cm³/mol. The highest BCUT2D eigenvalue weighted by molar-refractivity contribution is 6.12. The highest BCUT2D eigenvalue weighted by atomic mass is 14.8. The summed E-state index contributed by atoms with van der Waals surface area (Å²) >= 11 is 0. The van der Waals surface area contributed by atoms with Crippen LogP contribution in [-0.2, 0) is 0 Å². The van der Waals surface area contributed by atoms with Gasteiger partial charge in [0, 0.05) is 22.2 Å². The zero-order valence-corrected chi connectivity index (χ0v) is 17.8. The Kier molecular flexibility index (Phi) is 4.36. The summed E-state index contributed by atoms with van der Waals surface area (Å²) in [5.41, 5.74) is 11.3. The number of pyridine rings is 2. The molecule has 5 rings (SSSR count). The molecule has 3 aromatic carbocycles. The number of aryl methyl sites for hydroxylation is 4. The molecule has 0 aliphatic rings. The van der Waals surface area contributed by atoms with Gasteiger partial charge in [-0.15, -0.1) is 0 Å². The first kappa shape index (κ1) is 18.5. The van der Waals surface area contributed by atoms with E-state index in [-0.39, 0.29) is 0 Å². The lowest BCUT2D eigenvalue weighted by Crippen LogP contribution is -1.94. The molecule has 0 saturated carbocycles. The quantitative estimate of drug-likeness (QED) is 0.295. The van der Waals surface area contributed by atoms with E-state index < -0.39 is 0 Å². The molecule has 2 nitrogen and oxygen atoms in total. The minimum Gasteiger partial charge on any atom is -0.251 e. The van der Waals surface area contributed by atoms with Crippen LogP contribution in [0.2, 0.25) is 0 Å². The highest BCUT2D eigenvalue weighted by Gasteiger charge is 2.14. The summed E-state index contributed by atoms with van der Waals surface area (Å²) in [6, 6.07) is 26.2. The van der Waals surface area contributed by atoms with Crippen LogP contribution in [0.4, 0.5) is 0 Å². The van der Waals surface area contributed by atoms with E-state index in [1.165, 1.54) is 33.4 Å². The summed E-state index contributed by atoms with van der Waals surface area (Å²) in [5.74, 6) is 0. The van der Waals surface area contributed by atoms with Gasteiger partial charge in [-0.1, -0.05) is 71.8 Å². The van der Waals surface area contributed by atoms with Crippen LogP contribution in [0.3, 0.4) is 0 Å². The van der Waals surface area contributed by atoms with Crippen LogP contribution in [0.15, 0.2) is 72.8 Å². The summed E-state index contributed by atoms with van der Waals surface area (Å²) < 4.78 is 0. The Morgan fingerprint density at radius 2 is 0.833 bits per heavy atom.